The SMILES string of the molecule is CC(C(=O)N1CCCCCC1)N(CCN)C1CCC1. The molecular weight excluding hydrogens is 238 g/mol. The van der Waals surface area contributed by atoms with E-state index in [-0.39, 0.29) is 6.04 Å². The highest BCUT2D eigenvalue weighted by atomic mass is 16.2. The zero-order chi connectivity index (χ0) is 13.7. The zero-order valence-corrected chi connectivity index (χ0v) is 12.3. The first-order valence-corrected chi connectivity index (χ1v) is 7.98. The summed E-state index contributed by atoms with van der Waals surface area (Å²) in [6.45, 7) is 5.47. The Balaban J connectivity index is 1.94. The lowest BCUT2D eigenvalue weighted by molar-refractivity contribution is -0.138. The van der Waals surface area contributed by atoms with Crippen LogP contribution in [0.3, 0.4) is 0 Å². The summed E-state index contributed by atoms with van der Waals surface area (Å²) in [4.78, 5) is 17.1. The van der Waals surface area contributed by atoms with Crippen LogP contribution in [0, 0.1) is 0 Å². The number of amides is 1. The molecule has 1 unspecified atom stereocenters. The predicted octanol–water partition coefficient (Wildman–Crippen LogP) is 1.59. The van der Waals surface area contributed by atoms with Crippen molar-refractivity contribution >= 4 is 5.91 Å². The third-order valence-electron chi connectivity index (χ3n) is 4.70. The van der Waals surface area contributed by atoms with Crippen LogP contribution in [0.1, 0.15) is 51.9 Å². The van der Waals surface area contributed by atoms with Crippen molar-refractivity contribution in [1.29, 1.82) is 0 Å². The Kier molecular flexibility index (Phi) is 5.64. The van der Waals surface area contributed by atoms with Crippen molar-refractivity contribution in [2.75, 3.05) is 26.2 Å². The van der Waals surface area contributed by atoms with E-state index in [1.165, 1.54) is 44.9 Å². The van der Waals surface area contributed by atoms with Gasteiger partial charge in [-0.1, -0.05) is 19.3 Å². The fourth-order valence-electron chi connectivity index (χ4n) is 3.26. The quantitative estimate of drug-likeness (QED) is 0.823. The predicted molar refractivity (Wildman–Crippen MR) is 77.9 cm³/mol. The smallest absolute Gasteiger partial charge is 0.239 e. The molecule has 110 valence electrons. The third kappa shape index (κ3) is 3.69. The number of likely N-dealkylation sites (tertiary alicyclic amines) is 1. The van der Waals surface area contributed by atoms with Crippen molar-refractivity contribution in [1.82, 2.24) is 9.80 Å². The van der Waals surface area contributed by atoms with Crippen LogP contribution in [0.5, 0.6) is 0 Å². The molecular formula is C15H29N3O. The van der Waals surface area contributed by atoms with Gasteiger partial charge in [-0.05, 0) is 32.6 Å². The second kappa shape index (κ2) is 7.25. The maximum atomic E-state index is 12.7. The second-order valence-electron chi connectivity index (χ2n) is 6.03. The molecule has 1 amide bonds. The maximum Gasteiger partial charge on any atom is 0.239 e. The van der Waals surface area contributed by atoms with Crippen LogP contribution in [0.2, 0.25) is 0 Å². The number of hydrogen-bond acceptors (Lipinski definition) is 3. The summed E-state index contributed by atoms with van der Waals surface area (Å²) in [5.41, 5.74) is 5.72. The molecule has 1 atom stereocenters. The lowest BCUT2D eigenvalue weighted by Gasteiger charge is -2.41. The zero-order valence-electron chi connectivity index (χ0n) is 12.3. The van der Waals surface area contributed by atoms with Gasteiger partial charge in [-0.3, -0.25) is 9.69 Å². The molecule has 0 aromatic rings. The van der Waals surface area contributed by atoms with E-state index in [0.29, 0.717) is 18.5 Å². The van der Waals surface area contributed by atoms with Gasteiger partial charge in [0.1, 0.15) is 0 Å². The normalized spacial score (nSPS) is 23.0. The van der Waals surface area contributed by atoms with Crippen molar-refractivity contribution in [3.63, 3.8) is 0 Å². The average Bonchev–Trinajstić information content (AvgIpc) is 2.63. The van der Waals surface area contributed by atoms with Gasteiger partial charge in [-0.2, -0.15) is 0 Å². The Morgan fingerprint density at radius 2 is 1.84 bits per heavy atom. The van der Waals surface area contributed by atoms with E-state index in [1.54, 1.807) is 0 Å². The monoisotopic (exact) mass is 267 g/mol. The summed E-state index contributed by atoms with van der Waals surface area (Å²) >= 11 is 0. The van der Waals surface area contributed by atoms with Gasteiger partial charge in [-0.15, -0.1) is 0 Å². The Labute approximate surface area is 117 Å². The van der Waals surface area contributed by atoms with E-state index >= 15 is 0 Å². The highest BCUT2D eigenvalue weighted by Gasteiger charge is 2.33. The van der Waals surface area contributed by atoms with Crippen LogP contribution in [0.15, 0.2) is 0 Å². The van der Waals surface area contributed by atoms with Gasteiger partial charge in [0.2, 0.25) is 5.91 Å². The lowest BCUT2D eigenvalue weighted by Crippen LogP contribution is -2.54. The molecule has 0 spiro atoms. The molecule has 2 aliphatic rings. The molecule has 2 N–H and O–H groups in total. The first-order valence-electron chi connectivity index (χ1n) is 7.98. The molecule has 2 fully saturated rings. The summed E-state index contributed by atoms with van der Waals surface area (Å²) in [6, 6.07) is 0.599. The van der Waals surface area contributed by atoms with Crippen molar-refractivity contribution in [3.8, 4) is 0 Å². The third-order valence-corrected chi connectivity index (χ3v) is 4.70. The molecule has 0 radical (unpaired) electrons. The Bertz CT molecular complexity index is 283. The first kappa shape index (κ1) is 14.8. The molecule has 0 bridgehead atoms. The topological polar surface area (TPSA) is 49.6 Å². The highest BCUT2D eigenvalue weighted by Crippen LogP contribution is 2.27. The first-order chi connectivity index (χ1) is 9.24. The van der Waals surface area contributed by atoms with Crippen LogP contribution < -0.4 is 5.73 Å². The molecule has 1 aliphatic heterocycles. The molecule has 19 heavy (non-hydrogen) atoms. The number of hydrogen-bond donors (Lipinski definition) is 1. The van der Waals surface area contributed by atoms with E-state index in [4.69, 9.17) is 5.73 Å². The van der Waals surface area contributed by atoms with Crippen molar-refractivity contribution < 1.29 is 4.79 Å². The summed E-state index contributed by atoms with van der Waals surface area (Å²) in [5.74, 6) is 0.322. The standard InChI is InChI=1S/C15H29N3O/c1-13(18(12-9-16)14-7-6-8-14)15(19)17-10-4-2-3-5-11-17/h13-14H,2-12,16H2,1H3. The summed E-state index contributed by atoms with van der Waals surface area (Å²) in [7, 11) is 0. The average molecular weight is 267 g/mol. The minimum Gasteiger partial charge on any atom is -0.341 e. The largest absolute Gasteiger partial charge is 0.341 e. The van der Waals surface area contributed by atoms with E-state index < -0.39 is 0 Å². The minimum atomic E-state index is 0.00644. The van der Waals surface area contributed by atoms with E-state index in [9.17, 15) is 4.79 Å². The van der Waals surface area contributed by atoms with Gasteiger partial charge in [0.15, 0.2) is 0 Å². The highest BCUT2D eigenvalue weighted by molar-refractivity contribution is 5.81. The van der Waals surface area contributed by atoms with Crippen LogP contribution >= 0.6 is 0 Å². The molecule has 1 heterocycles. The van der Waals surface area contributed by atoms with Gasteiger partial charge in [0, 0.05) is 32.2 Å². The Morgan fingerprint density at radius 3 is 2.32 bits per heavy atom. The van der Waals surface area contributed by atoms with Gasteiger partial charge >= 0.3 is 0 Å². The van der Waals surface area contributed by atoms with Crippen molar-refractivity contribution in [2.24, 2.45) is 5.73 Å². The van der Waals surface area contributed by atoms with Gasteiger partial charge in [0.25, 0.3) is 0 Å². The maximum absolute atomic E-state index is 12.7. The van der Waals surface area contributed by atoms with Crippen molar-refractivity contribution in [2.45, 2.75) is 64.0 Å². The molecule has 0 aromatic heterocycles. The number of nitrogens with zero attached hydrogens (tertiary/aromatic N) is 2. The number of rotatable bonds is 5. The Hall–Kier alpha value is -0.610. The molecule has 1 saturated heterocycles. The van der Waals surface area contributed by atoms with Crippen LogP contribution in [0.4, 0.5) is 0 Å². The summed E-state index contributed by atoms with van der Waals surface area (Å²) in [6.07, 6.45) is 8.64. The fraction of sp³-hybridized carbons (Fsp3) is 0.933. The molecule has 4 heteroatoms. The van der Waals surface area contributed by atoms with E-state index in [2.05, 4.69) is 16.7 Å². The fourth-order valence-corrected chi connectivity index (χ4v) is 3.26. The van der Waals surface area contributed by atoms with E-state index in [0.717, 1.165) is 19.6 Å². The van der Waals surface area contributed by atoms with Gasteiger partial charge < -0.3 is 10.6 Å². The molecule has 4 nitrogen and oxygen atoms in total. The molecule has 0 aromatic carbocycles. The van der Waals surface area contributed by atoms with Crippen LogP contribution in [-0.4, -0.2) is 54.0 Å². The molecule has 1 saturated carbocycles. The number of carbonyl (C=O) groups is 1. The van der Waals surface area contributed by atoms with Crippen molar-refractivity contribution in [3.05, 3.63) is 0 Å². The molecule has 1 aliphatic carbocycles. The Morgan fingerprint density at radius 1 is 1.21 bits per heavy atom. The second-order valence-corrected chi connectivity index (χ2v) is 6.03. The lowest BCUT2D eigenvalue weighted by atomic mass is 9.90. The van der Waals surface area contributed by atoms with Gasteiger partial charge in [-0.25, -0.2) is 0 Å². The number of carbonyl (C=O) groups excluding carboxylic acids is 1. The number of nitrogens with two attached hydrogens (primary N) is 1. The summed E-state index contributed by atoms with van der Waals surface area (Å²) in [5, 5.41) is 0. The van der Waals surface area contributed by atoms with Gasteiger partial charge in [0.05, 0.1) is 6.04 Å². The minimum absolute atomic E-state index is 0.00644. The summed E-state index contributed by atoms with van der Waals surface area (Å²) < 4.78 is 0. The van der Waals surface area contributed by atoms with Crippen LogP contribution in [0.25, 0.3) is 0 Å². The van der Waals surface area contributed by atoms with Crippen LogP contribution in [-0.2, 0) is 4.79 Å². The molecule has 2 rings (SSSR count). The van der Waals surface area contributed by atoms with E-state index in [1.807, 2.05) is 0 Å².